The van der Waals surface area contributed by atoms with E-state index in [0.29, 0.717) is 37.5 Å². The largest absolute Gasteiger partial charge is 0.759 e. The lowest BCUT2D eigenvalue weighted by Gasteiger charge is -2.54. The highest BCUT2D eigenvalue weighted by Gasteiger charge is 2.50. The molecule has 34 heavy (non-hydrogen) atoms. The zero-order valence-corrected chi connectivity index (χ0v) is 20.4. The maximum Gasteiger partial charge on any atom is 0.256 e. The van der Waals surface area contributed by atoms with Crippen LogP contribution in [0.3, 0.4) is 0 Å². The number of para-hydroxylation sites is 1. The topological polar surface area (TPSA) is 97.0 Å². The van der Waals surface area contributed by atoms with Gasteiger partial charge < -0.3 is 19.9 Å². The van der Waals surface area contributed by atoms with E-state index in [9.17, 15) is 13.6 Å². The average Bonchev–Trinajstić information content (AvgIpc) is 2.89. The molecule has 1 aliphatic heterocycles. The standard InChI is InChI=1S/C25H34N4O4S/c1-33-23-15-9-8-14-22(23)24(30)27-25(20-10-4-2-5-11-20,21-12-6-3-7-13-21)29(34(31)32)28-18-16-26-17-19-28/h2,4-5,8-11,14-15,21,26H,3,6-7,12-13,16-19H2,1H3,(H,27,30)(H,31,32)/p-1. The third kappa shape index (κ3) is 5.04. The van der Waals surface area contributed by atoms with Gasteiger partial charge in [0.15, 0.2) is 0 Å². The number of hydrogen-bond donors (Lipinski definition) is 2. The molecule has 1 saturated heterocycles. The predicted octanol–water partition coefficient (Wildman–Crippen LogP) is 2.77. The minimum atomic E-state index is -2.62. The van der Waals surface area contributed by atoms with E-state index in [1.165, 1.54) is 11.5 Å². The van der Waals surface area contributed by atoms with E-state index in [2.05, 4.69) is 10.6 Å². The predicted molar refractivity (Wildman–Crippen MR) is 130 cm³/mol. The molecule has 0 bridgehead atoms. The Hall–Kier alpha value is -2.30. The van der Waals surface area contributed by atoms with Crippen LogP contribution in [-0.4, -0.2) is 57.4 Å². The van der Waals surface area contributed by atoms with E-state index in [-0.39, 0.29) is 11.8 Å². The fourth-order valence-electron chi connectivity index (χ4n) is 5.28. The van der Waals surface area contributed by atoms with Crippen LogP contribution in [-0.2, 0) is 16.9 Å². The van der Waals surface area contributed by atoms with Crippen molar-refractivity contribution in [3.8, 4) is 5.75 Å². The first-order valence-corrected chi connectivity index (χ1v) is 13.0. The fourth-order valence-corrected chi connectivity index (χ4v) is 6.17. The van der Waals surface area contributed by atoms with Crippen LogP contribution in [0.1, 0.15) is 48.0 Å². The van der Waals surface area contributed by atoms with Gasteiger partial charge in [-0.05, 0) is 30.5 Å². The van der Waals surface area contributed by atoms with E-state index < -0.39 is 16.9 Å². The maximum atomic E-state index is 13.8. The Kier molecular flexibility index (Phi) is 8.33. The molecule has 184 valence electrons. The molecular formula is C25H33N4O4S-. The number of benzene rings is 2. The van der Waals surface area contributed by atoms with Crippen molar-refractivity contribution in [2.24, 2.45) is 5.92 Å². The summed E-state index contributed by atoms with van der Waals surface area (Å²) in [7, 11) is 1.53. The summed E-state index contributed by atoms with van der Waals surface area (Å²) >= 11 is -2.62. The molecule has 0 radical (unpaired) electrons. The third-order valence-electron chi connectivity index (χ3n) is 6.86. The Labute approximate surface area is 204 Å². The number of nitrogens with zero attached hydrogens (tertiary/aromatic N) is 2. The number of ether oxygens (including phenoxy) is 1. The molecule has 0 aromatic heterocycles. The van der Waals surface area contributed by atoms with Crippen LogP contribution < -0.4 is 15.4 Å². The molecule has 1 saturated carbocycles. The van der Waals surface area contributed by atoms with Gasteiger partial charge in [0.2, 0.25) is 0 Å². The number of hydrogen-bond acceptors (Lipinski definition) is 6. The van der Waals surface area contributed by atoms with Crippen LogP contribution in [0, 0.1) is 5.92 Å². The second-order valence-electron chi connectivity index (χ2n) is 8.82. The first-order valence-electron chi connectivity index (χ1n) is 11.9. The number of amides is 1. The quantitative estimate of drug-likeness (QED) is 0.441. The number of nitrogens with one attached hydrogen (secondary N) is 2. The molecule has 1 amide bonds. The summed E-state index contributed by atoms with van der Waals surface area (Å²) in [6.45, 7) is 2.40. The zero-order valence-electron chi connectivity index (χ0n) is 19.6. The lowest BCUT2D eigenvalue weighted by molar-refractivity contribution is -0.0931. The molecule has 2 unspecified atom stereocenters. The molecule has 1 heterocycles. The number of carbonyl (C=O) groups is 1. The van der Waals surface area contributed by atoms with Crippen LogP contribution in [0.4, 0.5) is 0 Å². The molecule has 0 spiro atoms. The maximum absolute atomic E-state index is 13.8. The van der Waals surface area contributed by atoms with E-state index in [4.69, 9.17) is 4.74 Å². The van der Waals surface area contributed by atoms with E-state index in [1.807, 2.05) is 35.3 Å². The summed E-state index contributed by atoms with van der Waals surface area (Å²) in [5.74, 6) is -0.00451. The van der Waals surface area contributed by atoms with E-state index >= 15 is 0 Å². The number of piperazine rings is 1. The first-order chi connectivity index (χ1) is 16.6. The molecule has 4 rings (SSSR count). The van der Waals surface area contributed by atoms with Gasteiger partial charge in [-0.15, -0.1) is 4.41 Å². The fraction of sp³-hybridized carbons (Fsp3) is 0.480. The van der Waals surface area contributed by atoms with Crippen LogP contribution in [0.2, 0.25) is 0 Å². The highest BCUT2D eigenvalue weighted by Crippen LogP contribution is 2.44. The highest BCUT2D eigenvalue weighted by atomic mass is 32.2. The molecule has 2 aromatic carbocycles. The Morgan fingerprint density at radius 2 is 1.74 bits per heavy atom. The lowest BCUT2D eigenvalue weighted by Crippen LogP contribution is -2.69. The Morgan fingerprint density at radius 1 is 1.09 bits per heavy atom. The number of methoxy groups -OCH3 is 1. The van der Waals surface area contributed by atoms with Crippen molar-refractivity contribution in [3.05, 3.63) is 65.7 Å². The van der Waals surface area contributed by atoms with Crippen molar-refractivity contribution in [3.63, 3.8) is 0 Å². The van der Waals surface area contributed by atoms with Crippen molar-refractivity contribution in [1.82, 2.24) is 20.1 Å². The SMILES string of the molecule is COc1ccccc1C(=O)NC(c1ccccc1)(C1CCCCC1)N(N1CCNCC1)S(=O)[O-]. The Bertz CT molecular complexity index is 980. The van der Waals surface area contributed by atoms with Gasteiger partial charge in [0.05, 0.1) is 12.7 Å². The number of rotatable bonds is 8. The number of carbonyl (C=O) groups excluding carboxylic acids is 1. The summed E-state index contributed by atoms with van der Waals surface area (Å²) in [5.41, 5.74) is -0.130. The molecule has 9 heteroatoms. The van der Waals surface area contributed by atoms with Crippen molar-refractivity contribution in [2.75, 3.05) is 33.3 Å². The van der Waals surface area contributed by atoms with Gasteiger partial charge in [-0.3, -0.25) is 9.00 Å². The minimum absolute atomic E-state index is 0.0879. The Morgan fingerprint density at radius 3 is 2.38 bits per heavy atom. The van der Waals surface area contributed by atoms with Crippen LogP contribution in [0.25, 0.3) is 0 Å². The highest BCUT2D eigenvalue weighted by molar-refractivity contribution is 7.76. The van der Waals surface area contributed by atoms with Gasteiger partial charge in [-0.25, -0.2) is 5.01 Å². The number of hydrazine groups is 1. The van der Waals surface area contributed by atoms with Gasteiger partial charge >= 0.3 is 0 Å². The summed E-state index contributed by atoms with van der Waals surface area (Å²) < 4.78 is 32.8. The van der Waals surface area contributed by atoms with E-state index in [0.717, 1.165) is 37.7 Å². The minimum Gasteiger partial charge on any atom is -0.759 e. The monoisotopic (exact) mass is 485 g/mol. The van der Waals surface area contributed by atoms with Gasteiger partial charge in [0.1, 0.15) is 11.4 Å². The van der Waals surface area contributed by atoms with Gasteiger partial charge in [0.25, 0.3) is 5.91 Å². The second kappa shape index (κ2) is 11.4. The van der Waals surface area contributed by atoms with Gasteiger partial charge in [-0.2, -0.15) is 0 Å². The lowest BCUT2D eigenvalue weighted by atomic mass is 9.76. The normalized spacial score (nSPS) is 20.4. The zero-order chi connectivity index (χ0) is 24.0. The second-order valence-corrected chi connectivity index (χ2v) is 9.60. The molecule has 2 atom stereocenters. The molecular weight excluding hydrogens is 452 g/mol. The summed E-state index contributed by atoms with van der Waals surface area (Å²) in [4.78, 5) is 13.8. The summed E-state index contributed by atoms with van der Waals surface area (Å²) in [5, 5.41) is 8.38. The summed E-state index contributed by atoms with van der Waals surface area (Å²) in [6.07, 6.45) is 4.73. The van der Waals surface area contributed by atoms with Crippen molar-refractivity contribution in [2.45, 2.75) is 37.8 Å². The average molecular weight is 486 g/mol. The van der Waals surface area contributed by atoms with Crippen LogP contribution >= 0.6 is 0 Å². The first kappa shape index (κ1) is 24.8. The van der Waals surface area contributed by atoms with Gasteiger partial charge in [-0.1, -0.05) is 61.7 Å². The smallest absolute Gasteiger partial charge is 0.256 e. The molecule has 2 N–H and O–H groups in total. The molecule has 2 fully saturated rings. The molecule has 2 aromatic rings. The molecule has 8 nitrogen and oxygen atoms in total. The Balaban J connectivity index is 1.88. The molecule has 2 aliphatic rings. The van der Waals surface area contributed by atoms with Crippen molar-refractivity contribution < 1.29 is 18.3 Å². The van der Waals surface area contributed by atoms with Crippen LogP contribution in [0.15, 0.2) is 54.6 Å². The van der Waals surface area contributed by atoms with Crippen LogP contribution in [0.5, 0.6) is 5.75 Å². The van der Waals surface area contributed by atoms with E-state index in [1.54, 1.807) is 24.3 Å². The third-order valence-corrected chi connectivity index (χ3v) is 7.66. The van der Waals surface area contributed by atoms with Crippen molar-refractivity contribution in [1.29, 1.82) is 0 Å². The summed E-state index contributed by atoms with van der Waals surface area (Å²) in [6, 6.07) is 16.5. The van der Waals surface area contributed by atoms with Crippen molar-refractivity contribution >= 4 is 17.2 Å². The molecule has 1 aliphatic carbocycles. The van der Waals surface area contributed by atoms with Gasteiger partial charge in [0, 0.05) is 43.4 Å².